The molecule has 0 N–H and O–H groups in total. The van der Waals surface area contributed by atoms with Crippen molar-refractivity contribution in [3.8, 4) is 11.4 Å². The molecule has 0 fully saturated rings. The molecule has 2 rings (SSSR count). The average molecular weight is 198 g/mol. The molecule has 0 saturated carbocycles. The van der Waals surface area contributed by atoms with Crippen LogP contribution in [0.3, 0.4) is 0 Å². The lowest BCUT2D eigenvalue weighted by Gasteiger charge is -1.89. The van der Waals surface area contributed by atoms with Gasteiger partial charge in [0.25, 0.3) is 0 Å². The van der Waals surface area contributed by atoms with E-state index in [1.165, 1.54) is 23.5 Å². The van der Waals surface area contributed by atoms with Gasteiger partial charge in [0, 0.05) is 0 Å². The first-order chi connectivity index (χ1) is 5.79. The first-order valence-electron chi connectivity index (χ1n) is 3.37. The summed E-state index contributed by atoms with van der Waals surface area (Å²) in [6.07, 6.45) is 0. The Bertz CT molecular complexity index is 353. The Labute approximate surface area is 77.9 Å². The van der Waals surface area contributed by atoms with E-state index in [0.717, 1.165) is 22.8 Å². The second-order valence-electron chi connectivity index (χ2n) is 2.40. The van der Waals surface area contributed by atoms with Gasteiger partial charge in [0.05, 0.1) is 34.8 Å². The predicted molar refractivity (Wildman–Crippen MR) is 48.3 cm³/mol. The number of nitrogens with zero attached hydrogens (tertiary/aromatic N) is 4. The minimum absolute atomic E-state index is 0.867. The zero-order valence-electron chi connectivity index (χ0n) is 6.61. The van der Waals surface area contributed by atoms with Gasteiger partial charge in [-0.1, -0.05) is 0 Å². The Balaban J connectivity index is 2.57. The van der Waals surface area contributed by atoms with Gasteiger partial charge in [-0.25, -0.2) is 0 Å². The van der Waals surface area contributed by atoms with Crippen LogP contribution in [0.2, 0.25) is 0 Å². The highest BCUT2D eigenvalue weighted by atomic mass is 32.1. The van der Waals surface area contributed by atoms with Crippen LogP contribution in [-0.4, -0.2) is 17.5 Å². The van der Waals surface area contributed by atoms with E-state index < -0.39 is 0 Å². The van der Waals surface area contributed by atoms with Crippen molar-refractivity contribution in [3.63, 3.8) is 0 Å². The Hall–Kier alpha value is -0.880. The fraction of sp³-hybridized carbons (Fsp3) is 0.333. The topological polar surface area (TPSA) is 51.6 Å². The fourth-order valence-electron chi connectivity index (χ4n) is 0.893. The predicted octanol–water partition coefficient (Wildman–Crippen LogP) is 1.67. The zero-order chi connectivity index (χ0) is 8.55. The Morgan fingerprint density at radius 2 is 1.17 bits per heavy atom. The molecule has 2 heterocycles. The van der Waals surface area contributed by atoms with E-state index in [-0.39, 0.29) is 0 Å². The standard InChI is InChI=1S/C6H6N4S2/c1-3-5(9-11-7-3)6-4(2)8-12-10-6/h1-2H3. The molecule has 62 valence electrons. The lowest BCUT2D eigenvalue weighted by atomic mass is 10.2. The molecule has 4 nitrogen and oxygen atoms in total. The molecule has 0 aliphatic rings. The van der Waals surface area contributed by atoms with Crippen molar-refractivity contribution < 1.29 is 0 Å². The van der Waals surface area contributed by atoms with Gasteiger partial charge in [0.2, 0.25) is 0 Å². The second kappa shape index (κ2) is 2.87. The van der Waals surface area contributed by atoms with Gasteiger partial charge in [-0.3, -0.25) is 0 Å². The molecule has 0 aliphatic carbocycles. The Kier molecular flexibility index (Phi) is 1.86. The van der Waals surface area contributed by atoms with Crippen LogP contribution >= 0.6 is 23.5 Å². The summed E-state index contributed by atoms with van der Waals surface area (Å²) in [5, 5.41) is 0. The summed E-state index contributed by atoms with van der Waals surface area (Å²) in [5.74, 6) is 0. The largest absolute Gasteiger partial charge is 0.178 e. The molecular formula is C6H6N4S2. The lowest BCUT2D eigenvalue weighted by molar-refractivity contribution is 1.26. The third-order valence-electron chi connectivity index (χ3n) is 1.53. The Morgan fingerprint density at radius 1 is 0.750 bits per heavy atom. The molecule has 0 radical (unpaired) electrons. The van der Waals surface area contributed by atoms with Crippen LogP contribution in [-0.2, 0) is 0 Å². The van der Waals surface area contributed by atoms with Gasteiger partial charge in [-0.05, 0) is 13.8 Å². The average Bonchev–Trinajstić information content (AvgIpc) is 2.59. The SMILES string of the molecule is Cc1nsnc1-c1nsnc1C. The van der Waals surface area contributed by atoms with Crippen molar-refractivity contribution in [2.24, 2.45) is 0 Å². The van der Waals surface area contributed by atoms with Crippen LogP contribution in [0.15, 0.2) is 0 Å². The third-order valence-corrected chi connectivity index (χ3v) is 2.77. The van der Waals surface area contributed by atoms with E-state index in [4.69, 9.17) is 0 Å². The normalized spacial score (nSPS) is 10.5. The van der Waals surface area contributed by atoms with E-state index in [0.29, 0.717) is 0 Å². The van der Waals surface area contributed by atoms with Crippen molar-refractivity contribution in [1.29, 1.82) is 0 Å². The molecule has 0 spiro atoms. The zero-order valence-corrected chi connectivity index (χ0v) is 8.24. The summed E-state index contributed by atoms with van der Waals surface area (Å²) >= 11 is 2.42. The van der Waals surface area contributed by atoms with Crippen LogP contribution in [0.25, 0.3) is 11.4 Å². The highest BCUT2D eigenvalue weighted by molar-refractivity contribution is 7.00. The molecule has 2 aromatic rings. The highest BCUT2D eigenvalue weighted by Crippen LogP contribution is 2.22. The summed E-state index contributed by atoms with van der Waals surface area (Å²) < 4.78 is 16.5. The molecule has 0 aliphatic heterocycles. The number of aryl methyl sites for hydroxylation is 2. The first-order valence-corrected chi connectivity index (χ1v) is 4.84. The number of rotatable bonds is 1. The summed E-state index contributed by atoms with van der Waals surface area (Å²) in [4.78, 5) is 0. The molecule has 6 heteroatoms. The van der Waals surface area contributed by atoms with E-state index >= 15 is 0 Å². The smallest absolute Gasteiger partial charge is 0.128 e. The molecule has 0 amide bonds. The maximum Gasteiger partial charge on any atom is 0.128 e. The minimum atomic E-state index is 0.867. The summed E-state index contributed by atoms with van der Waals surface area (Å²) in [6, 6.07) is 0. The molecule has 0 saturated heterocycles. The van der Waals surface area contributed by atoms with Crippen LogP contribution in [0, 0.1) is 13.8 Å². The summed E-state index contributed by atoms with van der Waals surface area (Å²) in [5.41, 5.74) is 3.59. The molecule has 0 bridgehead atoms. The van der Waals surface area contributed by atoms with Gasteiger partial charge in [-0.15, -0.1) is 0 Å². The summed E-state index contributed by atoms with van der Waals surface area (Å²) in [6.45, 7) is 3.86. The second-order valence-corrected chi connectivity index (χ2v) is 3.45. The van der Waals surface area contributed by atoms with E-state index in [2.05, 4.69) is 17.5 Å². The number of hydrogen-bond donors (Lipinski definition) is 0. The van der Waals surface area contributed by atoms with E-state index in [1.807, 2.05) is 13.8 Å². The van der Waals surface area contributed by atoms with Gasteiger partial charge in [0.1, 0.15) is 11.4 Å². The molecule has 2 aromatic heterocycles. The van der Waals surface area contributed by atoms with Gasteiger partial charge >= 0.3 is 0 Å². The molecule has 0 unspecified atom stereocenters. The molecule has 0 aromatic carbocycles. The highest BCUT2D eigenvalue weighted by Gasteiger charge is 2.12. The van der Waals surface area contributed by atoms with Crippen molar-refractivity contribution in [1.82, 2.24) is 17.5 Å². The van der Waals surface area contributed by atoms with Crippen LogP contribution in [0.5, 0.6) is 0 Å². The number of aromatic nitrogens is 4. The summed E-state index contributed by atoms with van der Waals surface area (Å²) in [7, 11) is 0. The molecule has 0 atom stereocenters. The lowest BCUT2D eigenvalue weighted by Crippen LogP contribution is -1.83. The quantitative estimate of drug-likeness (QED) is 0.699. The molecular weight excluding hydrogens is 192 g/mol. The van der Waals surface area contributed by atoms with Crippen molar-refractivity contribution in [2.75, 3.05) is 0 Å². The van der Waals surface area contributed by atoms with Crippen LogP contribution in [0.1, 0.15) is 11.4 Å². The number of hydrogen-bond acceptors (Lipinski definition) is 6. The maximum atomic E-state index is 4.15. The van der Waals surface area contributed by atoms with Crippen LogP contribution in [0.4, 0.5) is 0 Å². The fourth-order valence-corrected chi connectivity index (χ4v) is 1.99. The minimum Gasteiger partial charge on any atom is -0.178 e. The monoisotopic (exact) mass is 198 g/mol. The maximum absolute atomic E-state index is 4.15. The van der Waals surface area contributed by atoms with Crippen LogP contribution < -0.4 is 0 Å². The third kappa shape index (κ3) is 1.12. The van der Waals surface area contributed by atoms with Crippen molar-refractivity contribution in [2.45, 2.75) is 13.8 Å². The van der Waals surface area contributed by atoms with E-state index in [9.17, 15) is 0 Å². The van der Waals surface area contributed by atoms with Crippen molar-refractivity contribution in [3.05, 3.63) is 11.4 Å². The molecule has 12 heavy (non-hydrogen) atoms. The van der Waals surface area contributed by atoms with E-state index in [1.54, 1.807) is 0 Å². The van der Waals surface area contributed by atoms with Gasteiger partial charge in [0.15, 0.2) is 0 Å². The van der Waals surface area contributed by atoms with Gasteiger partial charge < -0.3 is 0 Å². The Morgan fingerprint density at radius 3 is 1.42 bits per heavy atom. The van der Waals surface area contributed by atoms with Gasteiger partial charge in [-0.2, -0.15) is 17.5 Å². The van der Waals surface area contributed by atoms with Crippen molar-refractivity contribution >= 4 is 23.5 Å². The first kappa shape index (κ1) is 7.75.